The standard InChI is InChI=1S/C24H34N6O4S/c1-16-10-11-19(28(16)3)15-29(20-13-25-27(2)14-20)35(33,34)30(32)24(31)26-23-21-8-4-6-17(21)12-18-7-5-9-22(18)23/h12-14,16,19,30H,4-11,15H2,1-3H3,(H,26,31). The fourth-order valence-electron chi connectivity index (χ4n) is 5.84. The molecule has 3 atom stereocenters. The molecule has 1 fully saturated rings. The van der Waals surface area contributed by atoms with Gasteiger partial charge in [-0.2, -0.15) is 18.0 Å². The third-order valence-electron chi connectivity index (χ3n) is 7.97. The maximum absolute atomic E-state index is 13.6. The zero-order chi connectivity index (χ0) is 24.9. The highest BCUT2D eigenvalue weighted by molar-refractivity contribution is 7.86. The van der Waals surface area contributed by atoms with Crippen LogP contribution in [0.1, 0.15) is 54.9 Å². The van der Waals surface area contributed by atoms with Crippen molar-refractivity contribution in [1.29, 1.82) is 0 Å². The van der Waals surface area contributed by atoms with E-state index in [0.29, 0.717) is 11.7 Å². The van der Waals surface area contributed by atoms with E-state index in [2.05, 4.69) is 28.3 Å². The van der Waals surface area contributed by atoms with Crippen molar-refractivity contribution in [3.05, 3.63) is 45.9 Å². The van der Waals surface area contributed by atoms with E-state index in [1.54, 1.807) is 13.2 Å². The molecule has 1 aliphatic heterocycles. The molecule has 35 heavy (non-hydrogen) atoms. The average molecular weight is 503 g/mol. The quantitative estimate of drug-likeness (QED) is 0.579. The molecule has 1 aromatic heterocycles. The van der Waals surface area contributed by atoms with Crippen molar-refractivity contribution in [2.45, 2.75) is 70.4 Å². The monoisotopic (exact) mass is 502 g/mol. The Bertz CT molecular complexity index is 1210. The highest BCUT2D eigenvalue weighted by Crippen LogP contribution is 2.38. The van der Waals surface area contributed by atoms with E-state index < -0.39 is 20.7 Å². The second-order valence-corrected chi connectivity index (χ2v) is 11.9. The summed E-state index contributed by atoms with van der Waals surface area (Å²) in [5.41, 5.74) is 5.45. The highest BCUT2D eigenvalue weighted by atomic mass is 32.2. The van der Waals surface area contributed by atoms with Gasteiger partial charge < -0.3 is 5.21 Å². The number of benzene rings is 1. The van der Waals surface area contributed by atoms with Crippen LogP contribution in [0, 0.1) is 5.21 Å². The number of hydrogen-bond donors (Lipinski definition) is 2. The zero-order valence-corrected chi connectivity index (χ0v) is 21.4. The molecule has 0 saturated carbocycles. The molecule has 190 valence electrons. The topological polar surface area (TPSA) is 115 Å². The van der Waals surface area contributed by atoms with Crippen molar-refractivity contribution < 1.29 is 17.7 Å². The number of carbonyl (C=O) groups excluding carboxylic acids is 1. The summed E-state index contributed by atoms with van der Waals surface area (Å²) < 4.78 is 28.3. The third-order valence-corrected chi connectivity index (χ3v) is 9.56. The van der Waals surface area contributed by atoms with Gasteiger partial charge in [-0.1, -0.05) is 6.07 Å². The van der Waals surface area contributed by atoms with E-state index in [1.165, 1.54) is 22.0 Å². The Labute approximate surface area is 206 Å². The molecule has 0 spiro atoms. The normalized spacial score (nSPS) is 22.7. The van der Waals surface area contributed by atoms with Gasteiger partial charge in [-0.25, -0.2) is 9.10 Å². The SMILES string of the molecule is CC1CCC(CN(c2cnn(C)c2)S(=O)(=O)[NH+]([O-])C(=O)Nc2c3c(cc4c2CCC4)CCC3)N1C. The lowest BCUT2D eigenvalue weighted by Crippen LogP contribution is -3.14. The Morgan fingerprint density at radius 1 is 1.17 bits per heavy atom. The van der Waals surface area contributed by atoms with Crippen molar-refractivity contribution in [3.8, 4) is 0 Å². The Hall–Kier alpha value is -2.47. The number of likely N-dealkylation sites (tertiary alicyclic amines) is 1. The number of urea groups is 1. The lowest BCUT2D eigenvalue weighted by atomic mass is 9.99. The zero-order valence-electron chi connectivity index (χ0n) is 20.6. The molecule has 10 nitrogen and oxygen atoms in total. The first-order valence-electron chi connectivity index (χ1n) is 12.4. The summed E-state index contributed by atoms with van der Waals surface area (Å²) in [4.78, 5) is 15.3. The van der Waals surface area contributed by atoms with Crippen LogP contribution in [0.4, 0.5) is 16.2 Å². The molecular weight excluding hydrogens is 468 g/mol. The molecule has 2 N–H and O–H groups in total. The number of rotatable bonds is 6. The van der Waals surface area contributed by atoms with Crippen LogP contribution < -0.4 is 14.1 Å². The third kappa shape index (κ3) is 4.35. The number of quaternary nitrogens is 1. The summed E-state index contributed by atoms with van der Waals surface area (Å²) in [6, 6.07) is 1.39. The van der Waals surface area contributed by atoms with Gasteiger partial charge in [-0.05, 0) is 87.6 Å². The van der Waals surface area contributed by atoms with Crippen molar-refractivity contribution in [1.82, 2.24) is 14.7 Å². The summed E-state index contributed by atoms with van der Waals surface area (Å²) >= 11 is 0. The van der Waals surface area contributed by atoms with Gasteiger partial charge in [-0.3, -0.25) is 14.9 Å². The molecule has 3 aliphatic rings. The predicted octanol–water partition coefficient (Wildman–Crippen LogP) is 1.55. The number of amides is 2. The molecule has 2 heterocycles. The molecule has 2 aliphatic carbocycles. The highest BCUT2D eigenvalue weighted by Gasteiger charge is 2.39. The molecule has 5 rings (SSSR count). The van der Waals surface area contributed by atoms with Crippen LogP contribution in [0.3, 0.4) is 0 Å². The Balaban J connectivity index is 1.43. The van der Waals surface area contributed by atoms with Gasteiger partial charge >= 0.3 is 16.2 Å². The molecule has 3 unspecified atom stereocenters. The van der Waals surface area contributed by atoms with Gasteiger partial charge in [0.1, 0.15) is 0 Å². The van der Waals surface area contributed by atoms with E-state index in [9.17, 15) is 18.4 Å². The van der Waals surface area contributed by atoms with Crippen LogP contribution >= 0.6 is 0 Å². The average Bonchev–Trinajstić information content (AvgIpc) is 3.61. The molecule has 0 radical (unpaired) electrons. The van der Waals surface area contributed by atoms with E-state index in [0.717, 1.165) is 66.8 Å². The maximum atomic E-state index is 13.6. The first-order chi connectivity index (χ1) is 16.7. The Kier molecular flexibility index (Phi) is 6.37. The minimum Gasteiger partial charge on any atom is -0.608 e. The number of nitrogens with one attached hydrogen (secondary N) is 2. The molecule has 0 bridgehead atoms. The molecule has 11 heteroatoms. The van der Waals surface area contributed by atoms with Crippen LogP contribution in [0.5, 0.6) is 0 Å². The van der Waals surface area contributed by atoms with E-state index >= 15 is 0 Å². The lowest BCUT2D eigenvalue weighted by molar-refractivity contribution is -0.604. The number of likely N-dealkylation sites (N-methyl/N-ethyl adjacent to an activating group) is 1. The van der Waals surface area contributed by atoms with Crippen molar-refractivity contribution >= 4 is 27.6 Å². The van der Waals surface area contributed by atoms with E-state index in [4.69, 9.17) is 0 Å². The molecule has 2 aromatic rings. The summed E-state index contributed by atoms with van der Waals surface area (Å²) in [5.74, 6) is 0. The van der Waals surface area contributed by atoms with Gasteiger partial charge in [-0.15, -0.1) is 0 Å². The van der Waals surface area contributed by atoms with Crippen molar-refractivity contribution in [2.24, 2.45) is 7.05 Å². The summed E-state index contributed by atoms with van der Waals surface area (Å²) in [6.07, 6.45) is 10.3. The van der Waals surface area contributed by atoms with Crippen LogP contribution in [-0.4, -0.2) is 54.8 Å². The first-order valence-corrected chi connectivity index (χ1v) is 13.9. The van der Waals surface area contributed by atoms with Gasteiger partial charge in [0.15, 0.2) is 0 Å². The number of fused-ring (bicyclic) bond motifs is 2. The van der Waals surface area contributed by atoms with Crippen LogP contribution in [0.25, 0.3) is 0 Å². The lowest BCUT2D eigenvalue weighted by Gasteiger charge is -2.32. The first kappa shape index (κ1) is 24.2. The second-order valence-electron chi connectivity index (χ2n) is 10.1. The van der Waals surface area contributed by atoms with Crippen LogP contribution in [0.2, 0.25) is 0 Å². The number of hydroxylamine groups is 1. The number of aromatic nitrogens is 2. The van der Waals surface area contributed by atoms with Gasteiger partial charge in [0.2, 0.25) is 0 Å². The minimum absolute atomic E-state index is 0.0588. The number of aryl methyl sites for hydroxylation is 3. The predicted molar refractivity (Wildman–Crippen MR) is 134 cm³/mol. The van der Waals surface area contributed by atoms with Gasteiger partial charge in [0.25, 0.3) is 0 Å². The Morgan fingerprint density at radius 2 is 1.83 bits per heavy atom. The van der Waals surface area contributed by atoms with E-state index in [-0.39, 0.29) is 18.3 Å². The summed E-state index contributed by atoms with van der Waals surface area (Å²) in [6.45, 7) is 2.18. The van der Waals surface area contributed by atoms with Gasteiger partial charge in [0, 0.05) is 25.3 Å². The molecule has 1 aromatic carbocycles. The second kappa shape index (κ2) is 9.20. The number of hydrogen-bond acceptors (Lipinski definition) is 6. The number of anilines is 2. The molecular formula is C24H34N6O4S. The fraction of sp³-hybridized carbons (Fsp3) is 0.583. The molecule has 2 amide bonds. The number of nitrogens with zero attached hydrogens (tertiary/aromatic N) is 4. The summed E-state index contributed by atoms with van der Waals surface area (Å²) in [5, 5.41) is 20.1. The van der Waals surface area contributed by atoms with Crippen molar-refractivity contribution in [2.75, 3.05) is 23.2 Å². The summed E-state index contributed by atoms with van der Waals surface area (Å²) in [7, 11) is -0.971. The minimum atomic E-state index is -4.61. The number of carbonyl (C=O) groups is 1. The van der Waals surface area contributed by atoms with Gasteiger partial charge in [0.05, 0.1) is 24.1 Å². The molecule has 1 saturated heterocycles. The largest absolute Gasteiger partial charge is 0.608 e. The smallest absolute Gasteiger partial charge is 0.436 e. The maximum Gasteiger partial charge on any atom is 0.436 e. The van der Waals surface area contributed by atoms with Crippen molar-refractivity contribution in [3.63, 3.8) is 0 Å². The van der Waals surface area contributed by atoms with Crippen LogP contribution in [0.15, 0.2) is 18.5 Å². The van der Waals surface area contributed by atoms with Crippen LogP contribution in [-0.2, 0) is 42.9 Å². The van der Waals surface area contributed by atoms with E-state index in [1.807, 2.05) is 7.05 Å². The fourth-order valence-corrected chi connectivity index (χ4v) is 7.07. The Morgan fingerprint density at radius 3 is 2.37 bits per heavy atom.